The van der Waals surface area contributed by atoms with Crippen molar-refractivity contribution in [3.05, 3.63) is 23.8 Å². The number of ether oxygens (including phenoxy) is 2. The molecule has 1 aliphatic carbocycles. The van der Waals surface area contributed by atoms with E-state index < -0.39 is 0 Å². The van der Waals surface area contributed by atoms with E-state index in [1.165, 1.54) is 25.7 Å². The van der Waals surface area contributed by atoms with Crippen molar-refractivity contribution in [1.29, 1.82) is 0 Å². The van der Waals surface area contributed by atoms with Crippen molar-refractivity contribution in [2.75, 3.05) is 33.4 Å². The van der Waals surface area contributed by atoms with Gasteiger partial charge in [-0.1, -0.05) is 25.0 Å². The van der Waals surface area contributed by atoms with Gasteiger partial charge in [0.15, 0.2) is 17.5 Å². The number of benzene rings is 1. The van der Waals surface area contributed by atoms with E-state index in [9.17, 15) is 5.11 Å². The molecule has 0 aromatic heterocycles. The predicted molar refractivity (Wildman–Crippen MR) is 109 cm³/mol. The molecule has 0 unspecified atom stereocenters. The standard InChI is InChI=1S/C21H35N3O3/c1-4-22-20(23-15-17-9-8-10-18(26-3)19(17)25)24-16-21(11-6-7-12-21)13-14-27-5-2/h8-10,25H,4-7,11-16H2,1-3H3,(H2,22,23,24). The van der Waals surface area contributed by atoms with E-state index in [0.717, 1.165) is 44.2 Å². The molecule has 27 heavy (non-hydrogen) atoms. The van der Waals surface area contributed by atoms with E-state index in [-0.39, 0.29) is 5.75 Å². The summed E-state index contributed by atoms with van der Waals surface area (Å²) in [5.74, 6) is 1.41. The van der Waals surface area contributed by atoms with Gasteiger partial charge in [-0.25, -0.2) is 4.99 Å². The Balaban J connectivity index is 2.00. The number of aliphatic imine (C=N–C) groups is 1. The fraction of sp³-hybridized carbons (Fsp3) is 0.667. The molecule has 1 aromatic carbocycles. The number of nitrogens with one attached hydrogen (secondary N) is 2. The molecule has 6 nitrogen and oxygen atoms in total. The van der Waals surface area contributed by atoms with Gasteiger partial charge < -0.3 is 25.2 Å². The summed E-state index contributed by atoms with van der Waals surface area (Å²) in [6.45, 7) is 7.79. The van der Waals surface area contributed by atoms with Crippen molar-refractivity contribution in [1.82, 2.24) is 10.6 Å². The van der Waals surface area contributed by atoms with E-state index in [2.05, 4.69) is 22.5 Å². The maximum absolute atomic E-state index is 10.2. The van der Waals surface area contributed by atoms with Crippen LogP contribution < -0.4 is 15.4 Å². The largest absolute Gasteiger partial charge is 0.504 e. The number of nitrogens with zero attached hydrogens (tertiary/aromatic N) is 1. The van der Waals surface area contributed by atoms with Crippen LogP contribution in [0, 0.1) is 5.41 Å². The number of phenols is 1. The van der Waals surface area contributed by atoms with E-state index in [1.807, 2.05) is 19.1 Å². The molecule has 2 rings (SSSR count). The second kappa shape index (κ2) is 11.0. The highest BCUT2D eigenvalue weighted by Gasteiger charge is 2.33. The Bertz CT molecular complexity index is 598. The summed E-state index contributed by atoms with van der Waals surface area (Å²) in [5, 5.41) is 17.1. The van der Waals surface area contributed by atoms with Gasteiger partial charge in [-0.05, 0) is 44.6 Å². The number of aromatic hydroxyl groups is 1. The minimum absolute atomic E-state index is 0.156. The molecule has 6 heteroatoms. The molecule has 0 atom stereocenters. The third-order valence-corrected chi connectivity index (χ3v) is 5.33. The maximum Gasteiger partial charge on any atom is 0.191 e. The lowest BCUT2D eigenvalue weighted by molar-refractivity contribution is 0.105. The first-order valence-electron chi connectivity index (χ1n) is 10.1. The average molecular weight is 378 g/mol. The van der Waals surface area contributed by atoms with Crippen molar-refractivity contribution in [3.8, 4) is 11.5 Å². The first-order valence-corrected chi connectivity index (χ1v) is 10.1. The van der Waals surface area contributed by atoms with Crippen LogP contribution in [0.15, 0.2) is 23.2 Å². The minimum atomic E-state index is 0.156. The molecule has 0 radical (unpaired) electrons. The number of rotatable bonds is 10. The lowest BCUT2D eigenvalue weighted by Crippen LogP contribution is -2.43. The van der Waals surface area contributed by atoms with E-state index in [4.69, 9.17) is 9.47 Å². The summed E-state index contributed by atoms with van der Waals surface area (Å²) in [6.07, 6.45) is 6.15. The van der Waals surface area contributed by atoms with Crippen molar-refractivity contribution >= 4 is 5.96 Å². The Morgan fingerprint density at radius 2 is 2.00 bits per heavy atom. The molecule has 3 N–H and O–H groups in total. The molecule has 1 aliphatic rings. The number of phenolic OH excluding ortho intramolecular Hbond substituents is 1. The lowest BCUT2D eigenvalue weighted by atomic mass is 9.83. The average Bonchev–Trinajstić information content (AvgIpc) is 3.14. The molecule has 1 saturated carbocycles. The zero-order chi connectivity index (χ0) is 19.5. The maximum atomic E-state index is 10.2. The molecule has 0 bridgehead atoms. The molecule has 0 heterocycles. The molecule has 152 valence electrons. The van der Waals surface area contributed by atoms with Gasteiger partial charge in [0.25, 0.3) is 0 Å². The summed E-state index contributed by atoms with van der Waals surface area (Å²) >= 11 is 0. The number of guanidine groups is 1. The molecule has 1 fully saturated rings. The first kappa shape index (κ1) is 21.4. The van der Waals surface area contributed by atoms with E-state index >= 15 is 0 Å². The van der Waals surface area contributed by atoms with Crippen LogP contribution in [-0.2, 0) is 11.3 Å². The van der Waals surface area contributed by atoms with Gasteiger partial charge in [0.05, 0.1) is 13.7 Å². The third-order valence-electron chi connectivity index (χ3n) is 5.33. The van der Waals surface area contributed by atoms with Crippen molar-refractivity contribution in [2.24, 2.45) is 10.4 Å². The Morgan fingerprint density at radius 1 is 1.22 bits per heavy atom. The molecular formula is C21H35N3O3. The quantitative estimate of drug-likeness (QED) is 0.331. The summed E-state index contributed by atoms with van der Waals surface area (Å²) < 4.78 is 10.8. The number of hydrogen-bond donors (Lipinski definition) is 3. The van der Waals surface area contributed by atoms with Gasteiger partial charge in [0.2, 0.25) is 0 Å². The summed E-state index contributed by atoms with van der Waals surface area (Å²) in [7, 11) is 1.55. The van der Waals surface area contributed by atoms with Crippen LogP contribution in [-0.4, -0.2) is 44.5 Å². The normalized spacial score (nSPS) is 16.3. The van der Waals surface area contributed by atoms with Crippen LogP contribution in [0.1, 0.15) is 51.5 Å². The van der Waals surface area contributed by atoms with Crippen LogP contribution in [0.3, 0.4) is 0 Å². The molecule has 0 aliphatic heterocycles. The van der Waals surface area contributed by atoms with Crippen LogP contribution >= 0.6 is 0 Å². The Morgan fingerprint density at radius 3 is 2.67 bits per heavy atom. The van der Waals surface area contributed by atoms with Gasteiger partial charge >= 0.3 is 0 Å². The highest BCUT2D eigenvalue weighted by Crippen LogP contribution is 2.40. The number of hydrogen-bond acceptors (Lipinski definition) is 4. The molecule has 1 aromatic rings. The lowest BCUT2D eigenvalue weighted by Gasteiger charge is -2.30. The second-order valence-corrected chi connectivity index (χ2v) is 7.17. The summed E-state index contributed by atoms with van der Waals surface area (Å²) in [5.41, 5.74) is 1.04. The van der Waals surface area contributed by atoms with Gasteiger partial charge in [0, 0.05) is 31.9 Å². The van der Waals surface area contributed by atoms with Crippen molar-refractivity contribution in [3.63, 3.8) is 0 Å². The van der Waals surface area contributed by atoms with Crippen molar-refractivity contribution in [2.45, 2.75) is 52.5 Å². The van der Waals surface area contributed by atoms with Crippen LogP contribution in [0.25, 0.3) is 0 Å². The van der Waals surface area contributed by atoms with Crippen LogP contribution in [0.5, 0.6) is 11.5 Å². The van der Waals surface area contributed by atoms with Crippen LogP contribution in [0.2, 0.25) is 0 Å². The highest BCUT2D eigenvalue weighted by atomic mass is 16.5. The van der Waals surface area contributed by atoms with Crippen molar-refractivity contribution < 1.29 is 14.6 Å². The third kappa shape index (κ3) is 6.31. The SMILES string of the molecule is CCNC(=NCc1cccc(OC)c1O)NCC1(CCOCC)CCCC1. The van der Waals surface area contributed by atoms with Crippen LogP contribution in [0.4, 0.5) is 0 Å². The topological polar surface area (TPSA) is 75.1 Å². The first-order chi connectivity index (χ1) is 13.1. The van der Waals surface area contributed by atoms with Gasteiger partial charge in [-0.3, -0.25) is 0 Å². The van der Waals surface area contributed by atoms with Gasteiger partial charge in [0.1, 0.15) is 0 Å². The fourth-order valence-electron chi connectivity index (χ4n) is 3.71. The summed E-state index contributed by atoms with van der Waals surface area (Å²) in [4.78, 5) is 4.66. The molecular weight excluding hydrogens is 342 g/mol. The molecule has 0 spiro atoms. The summed E-state index contributed by atoms with van der Waals surface area (Å²) in [6, 6.07) is 5.48. The Kier molecular flexibility index (Phi) is 8.72. The Labute approximate surface area is 163 Å². The molecule has 0 saturated heterocycles. The van der Waals surface area contributed by atoms with E-state index in [1.54, 1.807) is 13.2 Å². The molecule has 0 amide bonds. The van der Waals surface area contributed by atoms with Gasteiger partial charge in [-0.2, -0.15) is 0 Å². The zero-order valence-electron chi connectivity index (χ0n) is 17.0. The van der Waals surface area contributed by atoms with E-state index in [0.29, 0.717) is 17.7 Å². The fourth-order valence-corrected chi connectivity index (χ4v) is 3.71. The smallest absolute Gasteiger partial charge is 0.191 e. The minimum Gasteiger partial charge on any atom is -0.504 e. The number of para-hydroxylation sites is 1. The predicted octanol–water partition coefficient (Wildman–Crippen LogP) is 3.44. The highest BCUT2D eigenvalue weighted by molar-refractivity contribution is 5.79. The van der Waals surface area contributed by atoms with Gasteiger partial charge in [-0.15, -0.1) is 0 Å². The monoisotopic (exact) mass is 377 g/mol. The number of methoxy groups -OCH3 is 1. The zero-order valence-corrected chi connectivity index (χ0v) is 17.0. The Hall–Kier alpha value is -1.95. The second-order valence-electron chi connectivity index (χ2n) is 7.17.